The van der Waals surface area contributed by atoms with Crippen molar-refractivity contribution >= 4 is 63.9 Å². The summed E-state index contributed by atoms with van der Waals surface area (Å²) in [5.74, 6) is 0.876. The van der Waals surface area contributed by atoms with Gasteiger partial charge in [-0.2, -0.15) is 0 Å². The van der Waals surface area contributed by atoms with Gasteiger partial charge in [-0.1, -0.05) is 29.3 Å². The van der Waals surface area contributed by atoms with E-state index in [1.807, 2.05) is 36.4 Å². The van der Waals surface area contributed by atoms with E-state index in [0.717, 1.165) is 42.9 Å². The van der Waals surface area contributed by atoms with Gasteiger partial charge in [-0.3, -0.25) is 10.1 Å². The highest BCUT2D eigenvalue weighted by Gasteiger charge is 2.19. The number of amides is 1. The van der Waals surface area contributed by atoms with E-state index in [1.54, 1.807) is 24.3 Å². The molecule has 1 amide bonds. The molecule has 0 saturated carbocycles. The van der Waals surface area contributed by atoms with Crippen molar-refractivity contribution in [3.05, 3.63) is 76.5 Å². The Morgan fingerprint density at radius 1 is 1.03 bits per heavy atom. The van der Waals surface area contributed by atoms with Crippen LogP contribution in [0.2, 0.25) is 10.0 Å². The van der Waals surface area contributed by atoms with Gasteiger partial charge in [-0.05, 0) is 79.7 Å². The number of benzene rings is 2. The Kier molecular flexibility index (Phi) is 7.15. The third-order valence-electron chi connectivity index (χ3n) is 5.05. The van der Waals surface area contributed by atoms with Crippen molar-refractivity contribution in [2.75, 3.05) is 23.3 Å². The van der Waals surface area contributed by atoms with Crippen molar-refractivity contribution < 1.29 is 9.21 Å². The van der Waals surface area contributed by atoms with Crippen LogP contribution in [0.15, 0.2) is 65.1 Å². The molecule has 1 saturated heterocycles. The lowest BCUT2D eigenvalue weighted by Crippen LogP contribution is -2.33. The van der Waals surface area contributed by atoms with E-state index < -0.39 is 0 Å². The van der Waals surface area contributed by atoms with E-state index in [1.165, 1.54) is 6.08 Å². The molecule has 1 fully saturated rings. The summed E-state index contributed by atoms with van der Waals surface area (Å²) in [6.45, 7) is 1.89. The topological polar surface area (TPSA) is 57.5 Å². The SMILES string of the molecule is O=C(/C=C/c1ccc(-c2ccc(Cl)cc2)o1)NC(=S)Nc1cccc(Cl)c1N1CCCC1. The van der Waals surface area contributed by atoms with E-state index in [-0.39, 0.29) is 11.0 Å². The minimum atomic E-state index is -0.364. The third-order valence-corrected chi connectivity index (χ3v) is 5.81. The van der Waals surface area contributed by atoms with Gasteiger partial charge in [0.25, 0.3) is 0 Å². The van der Waals surface area contributed by atoms with Crippen molar-refractivity contribution in [3.63, 3.8) is 0 Å². The predicted octanol–water partition coefficient (Wildman–Crippen LogP) is 6.38. The van der Waals surface area contributed by atoms with Crippen molar-refractivity contribution in [2.24, 2.45) is 0 Å². The average molecular weight is 486 g/mol. The largest absolute Gasteiger partial charge is 0.457 e. The van der Waals surface area contributed by atoms with Crippen molar-refractivity contribution in [1.29, 1.82) is 0 Å². The van der Waals surface area contributed by atoms with Crippen molar-refractivity contribution in [3.8, 4) is 11.3 Å². The zero-order chi connectivity index (χ0) is 22.5. The van der Waals surface area contributed by atoms with Crippen LogP contribution >= 0.6 is 35.4 Å². The summed E-state index contributed by atoms with van der Waals surface area (Å²) in [5, 5.41) is 7.26. The Bertz CT molecular complexity index is 1150. The first-order valence-corrected chi connectivity index (χ1v) is 11.4. The maximum atomic E-state index is 12.3. The lowest BCUT2D eigenvalue weighted by molar-refractivity contribution is -0.115. The Hall–Kier alpha value is -2.80. The summed E-state index contributed by atoms with van der Waals surface area (Å²) in [7, 11) is 0. The van der Waals surface area contributed by atoms with Gasteiger partial charge in [0.2, 0.25) is 5.91 Å². The first kappa shape index (κ1) is 22.4. The Balaban J connectivity index is 1.37. The van der Waals surface area contributed by atoms with Gasteiger partial charge in [0, 0.05) is 29.8 Å². The molecule has 164 valence electrons. The minimum absolute atomic E-state index is 0.198. The van der Waals surface area contributed by atoms with Crippen molar-refractivity contribution in [1.82, 2.24) is 5.32 Å². The van der Waals surface area contributed by atoms with Crippen LogP contribution in [-0.4, -0.2) is 24.1 Å². The maximum absolute atomic E-state index is 12.3. The first-order chi connectivity index (χ1) is 15.5. The van der Waals surface area contributed by atoms with E-state index >= 15 is 0 Å². The number of para-hydroxylation sites is 1. The number of carbonyl (C=O) groups is 1. The number of hydrogen-bond donors (Lipinski definition) is 2. The second-order valence-corrected chi connectivity index (χ2v) is 8.57. The molecule has 0 spiro atoms. The van der Waals surface area contributed by atoms with Gasteiger partial charge >= 0.3 is 0 Å². The second kappa shape index (κ2) is 10.2. The fourth-order valence-electron chi connectivity index (χ4n) is 3.55. The molecular weight excluding hydrogens is 465 g/mol. The van der Waals surface area contributed by atoms with Crippen LogP contribution < -0.4 is 15.5 Å². The number of nitrogens with one attached hydrogen (secondary N) is 2. The van der Waals surface area contributed by atoms with Crippen LogP contribution in [-0.2, 0) is 4.79 Å². The molecule has 3 aromatic rings. The molecule has 4 rings (SSSR count). The van der Waals surface area contributed by atoms with E-state index in [4.69, 9.17) is 39.8 Å². The quantitative estimate of drug-likeness (QED) is 0.324. The van der Waals surface area contributed by atoms with Crippen LogP contribution in [0.1, 0.15) is 18.6 Å². The molecule has 0 bridgehead atoms. The summed E-state index contributed by atoms with van der Waals surface area (Å²) >= 11 is 17.7. The van der Waals surface area contributed by atoms with Crippen molar-refractivity contribution in [2.45, 2.75) is 12.8 Å². The second-order valence-electron chi connectivity index (χ2n) is 7.32. The minimum Gasteiger partial charge on any atom is -0.457 e. The normalized spacial score (nSPS) is 13.5. The molecule has 2 N–H and O–H groups in total. The van der Waals surface area contributed by atoms with E-state index in [9.17, 15) is 4.79 Å². The fourth-order valence-corrected chi connectivity index (χ4v) is 4.19. The van der Waals surface area contributed by atoms with Gasteiger partial charge in [0.15, 0.2) is 5.11 Å². The van der Waals surface area contributed by atoms with Crippen LogP contribution in [0.4, 0.5) is 11.4 Å². The lowest BCUT2D eigenvalue weighted by atomic mass is 10.2. The van der Waals surface area contributed by atoms with Crippen LogP contribution in [0.5, 0.6) is 0 Å². The van der Waals surface area contributed by atoms with Crippen LogP contribution in [0.3, 0.4) is 0 Å². The molecule has 8 heteroatoms. The zero-order valence-corrected chi connectivity index (χ0v) is 19.4. The highest BCUT2D eigenvalue weighted by atomic mass is 35.5. The molecular formula is C24H21Cl2N3O2S. The summed E-state index contributed by atoms with van der Waals surface area (Å²) in [5.41, 5.74) is 2.58. The Morgan fingerprint density at radius 3 is 2.53 bits per heavy atom. The number of furan rings is 1. The Labute approximate surface area is 202 Å². The summed E-state index contributed by atoms with van der Waals surface area (Å²) in [4.78, 5) is 14.5. The molecule has 5 nitrogen and oxygen atoms in total. The van der Waals surface area contributed by atoms with Gasteiger partial charge in [-0.25, -0.2) is 0 Å². The average Bonchev–Trinajstić information content (AvgIpc) is 3.45. The molecule has 2 heterocycles. The first-order valence-electron chi connectivity index (χ1n) is 10.2. The molecule has 32 heavy (non-hydrogen) atoms. The Morgan fingerprint density at radius 2 is 1.78 bits per heavy atom. The fraction of sp³-hybridized carbons (Fsp3) is 0.167. The molecule has 0 unspecified atom stereocenters. The highest BCUT2D eigenvalue weighted by Crippen LogP contribution is 2.35. The van der Waals surface area contributed by atoms with Crippen LogP contribution in [0.25, 0.3) is 17.4 Å². The molecule has 0 radical (unpaired) electrons. The molecule has 2 aromatic carbocycles. The number of carbonyl (C=O) groups excluding carboxylic acids is 1. The summed E-state index contributed by atoms with van der Waals surface area (Å²) in [6.07, 6.45) is 5.22. The van der Waals surface area contributed by atoms with Gasteiger partial charge < -0.3 is 14.6 Å². The van der Waals surface area contributed by atoms with Crippen LogP contribution in [0, 0.1) is 0 Å². The maximum Gasteiger partial charge on any atom is 0.250 e. The highest BCUT2D eigenvalue weighted by molar-refractivity contribution is 7.80. The predicted molar refractivity (Wildman–Crippen MR) is 135 cm³/mol. The molecule has 1 aliphatic heterocycles. The third kappa shape index (κ3) is 5.51. The standard InChI is InChI=1S/C24H21Cl2N3O2S/c25-17-8-6-16(7-9-17)21-12-10-18(31-21)11-13-22(30)28-24(32)27-20-5-3-4-19(26)23(20)29-14-1-2-15-29/h3-13H,1-2,14-15H2,(H2,27,28,30,32)/b13-11+. The van der Waals surface area contributed by atoms with Gasteiger partial charge in [0.1, 0.15) is 11.5 Å². The smallest absolute Gasteiger partial charge is 0.250 e. The lowest BCUT2D eigenvalue weighted by Gasteiger charge is -2.23. The number of halogens is 2. The molecule has 1 aromatic heterocycles. The summed E-state index contributed by atoms with van der Waals surface area (Å²) in [6, 6.07) is 16.6. The molecule has 0 aliphatic carbocycles. The zero-order valence-electron chi connectivity index (χ0n) is 17.1. The number of nitrogens with zero attached hydrogens (tertiary/aromatic N) is 1. The number of anilines is 2. The van der Waals surface area contributed by atoms with E-state index in [2.05, 4.69) is 15.5 Å². The van der Waals surface area contributed by atoms with Gasteiger partial charge in [-0.15, -0.1) is 0 Å². The van der Waals surface area contributed by atoms with E-state index in [0.29, 0.717) is 21.6 Å². The number of rotatable bonds is 5. The molecule has 0 atom stereocenters. The number of thiocarbonyl (C=S) groups is 1. The van der Waals surface area contributed by atoms with Gasteiger partial charge in [0.05, 0.1) is 16.4 Å². The monoisotopic (exact) mass is 485 g/mol. The number of hydrogen-bond acceptors (Lipinski definition) is 4. The molecule has 1 aliphatic rings. The summed E-state index contributed by atoms with van der Waals surface area (Å²) < 4.78 is 5.77.